The Morgan fingerprint density at radius 3 is 1.77 bits per heavy atom. The molecule has 2 unspecified atom stereocenters. The maximum Gasteiger partial charge on any atom is 1.00 e. The summed E-state index contributed by atoms with van der Waals surface area (Å²) in [6.07, 6.45) is 13.9. The Balaban J connectivity index is 0.000000232. The molecular weight excluding hydrogens is 1000 g/mol. The standard InChI is InChI=1S/C30H32ClFN4O4.C24H29FN2O3.CH2O3.Na/c1-40-23-16-26(36(18-23)30(39)34-28-12-9-22(31)17-33-28)27(37)15-21-14-20(8-10-24(21)32)25(11-7-19-5-6-19)35-13-3-2-4-29(35)38;1-30-19-14-21(26-15-19)23(28)13-18-12-17(8-9-20(18)25)22(10-7-16-5-6-16)27-11-3-2-4-24(27)29;2-1-4-3;/h2-4,8-10,12-14,17,19,23,25-26H,5-7,11,15-16,18H2,1H3,(H,33,34,39);2-4,8-9,11-12,16,19,21-22,26H,5-7,10,13-15H2,1H3;1,3H;/q;;;+1/p-1/t23-,25?,26-;19-,21-,22?;;/m11../s1. The van der Waals surface area contributed by atoms with Gasteiger partial charge >= 0.3 is 35.6 Å². The van der Waals surface area contributed by atoms with Crippen LogP contribution in [-0.4, -0.2) is 94.7 Å². The number of aromatic nitrogens is 3. The van der Waals surface area contributed by atoms with E-state index in [1.54, 1.807) is 83.2 Å². The van der Waals surface area contributed by atoms with Crippen LogP contribution in [0.5, 0.6) is 0 Å². The fourth-order valence-electron chi connectivity index (χ4n) is 9.68. The molecule has 16 nitrogen and oxygen atoms in total. The summed E-state index contributed by atoms with van der Waals surface area (Å²) in [4.78, 5) is 81.2. The molecule has 3 aromatic heterocycles. The quantitative estimate of drug-likeness (QED) is 0.0493. The number of carbonyl (C=O) groups is 4. The molecule has 2 N–H and O–H groups in total. The minimum atomic E-state index is -0.789. The molecule has 4 aliphatic rings. The number of pyridine rings is 3. The monoisotopic (exact) mass is 1060 g/mol. The first-order valence-corrected chi connectivity index (χ1v) is 25.3. The second kappa shape index (κ2) is 28.6. The molecule has 9 rings (SSSR count). The van der Waals surface area contributed by atoms with Gasteiger partial charge in [0.1, 0.15) is 17.5 Å². The number of hydrogen-bond donors (Lipinski definition) is 2. The number of Topliss-reactive ketones (excluding diaryl/α,β-unsaturated/α-hetero) is 2. The van der Waals surface area contributed by atoms with Crippen molar-refractivity contribution in [1.29, 1.82) is 0 Å². The van der Waals surface area contributed by atoms with Crippen molar-refractivity contribution in [1.82, 2.24) is 24.3 Å². The smallest absolute Gasteiger partial charge is 0.662 e. The summed E-state index contributed by atoms with van der Waals surface area (Å²) in [5.41, 5.74) is 2.09. The summed E-state index contributed by atoms with van der Waals surface area (Å²) >= 11 is 5.88. The Kier molecular flexibility index (Phi) is 22.4. The maximum atomic E-state index is 15.0. The topological polar surface area (TPSA) is 203 Å². The van der Waals surface area contributed by atoms with Crippen LogP contribution in [0.15, 0.2) is 113 Å². The van der Waals surface area contributed by atoms with Crippen molar-refractivity contribution < 1.29 is 77.1 Å². The average molecular weight is 1060 g/mol. The number of ketones is 2. The first-order valence-electron chi connectivity index (χ1n) is 25.0. The SMILES string of the molecule is CO[C@@H]1C[C@H](C(=O)Cc2cc(C(CCC3CC3)n3ccccc3=O)ccc2F)N(C(=O)Nc2ccc(Cl)cn2)C1.CO[C@H]1CN[C@@H](C(=O)Cc2cc(C(CCC3CC3)n3ccccc3=O)ccc2F)C1.O=CO[O-].[Na+]. The van der Waals surface area contributed by atoms with Gasteiger partial charge in [0.05, 0.1) is 41.4 Å². The van der Waals surface area contributed by atoms with E-state index in [0.717, 1.165) is 42.7 Å². The zero-order valence-electron chi connectivity index (χ0n) is 42.4. The third kappa shape index (κ3) is 16.8. The normalized spacial score (nSPS) is 19.5. The van der Waals surface area contributed by atoms with Crippen LogP contribution in [0.2, 0.25) is 5.02 Å². The Morgan fingerprint density at radius 1 is 0.787 bits per heavy atom. The van der Waals surface area contributed by atoms with Gasteiger partial charge < -0.3 is 39.0 Å². The molecule has 6 atom stereocenters. The van der Waals surface area contributed by atoms with Crippen molar-refractivity contribution in [3.8, 4) is 0 Å². The Morgan fingerprint density at radius 2 is 1.32 bits per heavy atom. The van der Waals surface area contributed by atoms with Crippen molar-refractivity contribution in [2.24, 2.45) is 11.8 Å². The first-order chi connectivity index (χ1) is 35.8. The van der Waals surface area contributed by atoms with Gasteiger partial charge in [0.25, 0.3) is 17.6 Å². The number of benzene rings is 2. The number of hydrogen-bond acceptors (Lipinski definition) is 12. The van der Waals surface area contributed by atoms with Crippen molar-refractivity contribution in [2.75, 3.05) is 32.6 Å². The van der Waals surface area contributed by atoms with Crippen LogP contribution in [0.25, 0.3) is 0 Å². The molecule has 75 heavy (non-hydrogen) atoms. The van der Waals surface area contributed by atoms with Gasteiger partial charge in [0.2, 0.25) is 0 Å². The molecule has 0 spiro atoms. The molecule has 2 amide bonds. The summed E-state index contributed by atoms with van der Waals surface area (Å²) < 4.78 is 43.8. The number of rotatable bonds is 20. The molecule has 2 aliphatic heterocycles. The van der Waals surface area contributed by atoms with Gasteiger partial charge in [-0.2, -0.15) is 0 Å². The number of methoxy groups -OCH3 is 2. The zero-order valence-corrected chi connectivity index (χ0v) is 45.2. The Hall–Kier alpha value is -5.44. The number of ether oxygens (including phenoxy) is 2. The number of nitrogens with zero attached hydrogens (tertiary/aromatic N) is 4. The van der Waals surface area contributed by atoms with Gasteiger partial charge in [-0.3, -0.25) is 29.3 Å². The predicted molar refractivity (Wildman–Crippen MR) is 270 cm³/mol. The van der Waals surface area contributed by atoms with Crippen LogP contribution in [0.3, 0.4) is 0 Å². The molecule has 20 heteroatoms. The van der Waals surface area contributed by atoms with E-state index in [1.807, 2.05) is 12.1 Å². The zero-order chi connectivity index (χ0) is 52.7. The number of halogens is 3. The summed E-state index contributed by atoms with van der Waals surface area (Å²) in [5, 5.41) is 14.7. The molecule has 394 valence electrons. The van der Waals surface area contributed by atoms with E-state index in [9.17, 15) is 28.4 Å². The van der Waals surface area contributed by atoms with E-state index in [1.165, 1.54) is 62.1 Å². The van der Waals surface area contributed by atoms with Gasteiger partial charge in [-0.25, -0.2) is 18.6 Å². The van der Waals surface area contributed by atoms with Crippen LogP contribution in [0, 0.1) is 23.5 Å². The van der Waals surface area contributed by atoms with Crippen LogP contribution >= 0.6 is 11.6 Å². The summed E-state index contributed by atoms with van der Waals surface area (Å²) in [6.45, 7) is 0.671. The average Bonchev–Trinajstić information content (AvgIpc) is 4.33. The van der Waals surface area contributed by atoms with E-state index in [0.29, 0.717) is 41.7 Å². The third-order valence-electron chi connectivity index (χ3n) is 14.1. The molecule has 0 bridgehead atoms. The van der Waals surface area contributed by atoms with Crippen LogP contribution in [0.4, 0.5) is 19.4 Å². The van der Waals surface area contributed by atoms with Crippen molar-refractivity contribution in [2.45, 2.75) is 113 Å². The number of amides is 2. The summed E-state index contributed by atoms with van der Waals surface area (Å²) in [6, 6.07) is 21.0. The van der Waals surface area contributed by atoms with Crippen molar-refractivity contribution in [3.05, 3.63) is 163 Å². The molecule has 0 radical (unpaired) electrons. The number of anilines is 1. The van der Waals surface area contributed by atoms with Crippen LogP contribution in [-0.2, 0) is 41.6 Å². The molecule has 2 aromatic carbocycles. The second-order valence-electron chi connectivity index (χ2n) is 19.3. The molecule has 2 saturated heterocycles. The number of nitrogens with one attached hydrogen (secondary N) is 2. The van der Waals surface area contributed by atoms with Crippen molar-refractivity contribution in [3.63, 3.8) is 0 Å². The van der Waals surface area contributed by atoms with Crippen LogP contribution in [0.1, 0.15) is 98.5 Å². The number of likely N-dealkylation sites (tertiary alicyclic amines) is 1. The fraction of sp³-hybridized carbons (Fsp3) is 0.436. The number of carbonyl (C=O) groups excluding carboxylic acids is 4. The first kappa shape index (κ1) is 58.8. The van der Waals surface area contributed by atoms with E-state index in [4.69, 9.17) is 31.1 Å². The molecule has 4 fully saturated rings. The minimum Gasteiger partial charge on any atom is -0.662 e. The van der Waals surface area contributed by atoms with Crippen molar-refractivity contribution >= 4 is 41.5 Å². The fourth-order valence-corrected chi connectivity index (χ4v) is 9.79. The predicted octanol–water partition coefficient (Wildman–Crippen LogP) is 3.94. The number of urea groups is 1. The van der Waals surface area contributed by atoms with E-state index in [2.05, 4.69) is 20.5 Å². The minimum absolute atomic E-state index is 0. The molecule has 5 heterocycles. The molecule has 2 aliphatic carbocycles. The maximum absolute atomic E-state index is 15.0. The largest absolute Gasteiger partial charge is 1.00 e. The molecule has 5 aromatic rings. The van der Waals surface area contributed by atoms with E-state index in [-0.39, 0.29) is 120 Å². The molecular formula is C55H62ClF2N6NaO10. The molecule has 2 saturated carbocycles. The van der Waals surface area contributed by atoms with Gasteiger partial charge in [-0.15, -0.1) is 0 Å². The summed E-state index contributed by atoms with van der Waals surface area (Å²) in [5.74, 6) is 0.498. The summed E-state index contributed by atoms with van der Waals surface area (Å²) in [7, 11) is 3.17. The Labute approximate surface area is 461 Å². The van der Waals surface area contributed by atoms with Crippen LogP contribution < -0.4 is 56.6 Å². The van der Waals surface area contributed by atoms with E-state index < -0.39 is 17.9 Å². The van der Waals surface area contributed by atoms with Gasteiger partial charge in [-0.05, 0) is 103 Å². The second-order valence-corrected chi connectivity index (χ2v) is 19.7. The van der Waals surface area contributed by atoms with Gasteiger partial charge in [0.15, 0.2) is 11.6 Å². The van der Waals surface area contributed by atoms with Gasteiger partial charge in [0, 0.05) is 77.3 Å². The van der Waals surface area contributed by atoms with E-state index >= 15 is 4.39 Å². The van der Waals surface area contributed by atoms with Gasteiger partial charge in [-0.1, -0.05) is 73.7 Å². The third-order valence-corrected chi connectivity index (χ3v) is 14.4. The Bertz CT molecular complexity index is 2830.